The molecule has 1 fully saturated rings. The monoisotopic (exact) mass is 330 g/mol. The maximum absolute atomic E-state index is 13.8. The zero-order valence-electron chi connectivity index (χ0n) is 12.5. The number of carbonyl (C=O) groups is 1. The molecule has 1 heterocycles. The highest BCUT2D eigenvalue weighted by molar-refractivity contribution is 6.30. The number of carboxylic acids is 1. The van der Waals surface area contributed by atoms with E-state index < -0.39 is 5.97 Å². The van der Waals surface area contributed by atoms with Gasteiger partial charge in [-0.25, -0.2) is 4.39 Å². The Kier molecular flexibility index (Phi) is 6.14. The Labute approximate surface area is 134 Å². The van der Waals surface area contributed by atoms with E-state index in [1.165, 1.54) is 12.1 Å². The van der Waals surface area contributed by atoms with Crippen LogP contribution in [-0.4, -0.2) is 66.8 Å². The van der Waals surface area contributed by atoms with Gasteiger partial charge in [-0.1, -0.05) is 11.6 Å². The first kappa shape index (κ1) is 17.1. The van der Waals surface area contributed by atoms with Crippen molar-refractivity contribution in [3.8, 4) is 0 Å². The van der Waals surface area contributed by atoms with Gasteiger partial charge in [0, 0.05) is 36.8 Å². The number of hydrogen-bond donors (Lipinski definition) is 1. The van der Waals surface area contributed by atoms with Crippen LogP contribution in [0.3, 0.4) is 0 Å². The van der Waals surface area contributed by atoms with Crippen LogP contribution in [0.1, 0.15) is 5.56 Å². The van der Waals surface area contributed by atoms with Gasteiger partial charge in [0.1, 0.15) is 5.82 Å². The molecule has 1 aromatic carbocycles. The van der Waals surface area contributed by atoms with Crippen LogP contribution < -0.4 is 0 Å². The lowest BCUT2D eigenvalue weighted by Crippen LogP contribution is -2.47. The van der Waals surface area contributed by atoms with Crippen LogP contribution in [-0.2, 0) is 16.1 Å². The smallest absolute Gasteiger partial charge is 0.317 e. The number of halogens is 2. The quantitative estimate of drug-likeness (QED) is 0.860. The molecule has 0 spiro atoms. The minimum absolute atomic E-state index is 0.0250. The van der Waals surface area contributed by atoms with Crippen LogP contribution in [0.2, 0.25) is 5.02 Å². The molecule has 1 atom stereocenters. The van der Waals surface area contributed by atoms with E-state index in [4.69, 9.17) is 21.4 Å². The first-order valence-corrected chi connectivity index (χ1v) is 7.50. The first-order valence-electron chi connectivity index (χ1n) is 7.12. The van der Waals surface area contributed by atoms with Crippen molar-refractivity contribution in [1.82, 2.24) is 9.80 Å². The van der Waals surface area contributed by atoms with Crippen molar-refractivity contribution in [2.45, 2.75) is 12.6 Å². The molecule has 7 heteroatoms. The molecule has 1 aliphatic heterocycles. The van der Waals surface area contributed by atoms with Gasteiger partial charge in [-0.15, -0.1) is 0 Å². The zero-order valence-corrected chi connectivity index (χ0v) is 13.2. The second-order valence-corrected chi connectivity index (χ2v) is 5.99. The number of ether oxygens (including phenoxy) is 1. The number of hydrogen-bond acceptors (Lipinski definition) is 4. The summed E-state index contributed by atoms with van der Waals surface area (Å²) in [6, 6.07) is 4.54. The van der Waals surface area contributed by atoms with Crippen molar-refractivity contribution in [2.75, 3.05) is 39.8 Å². The Morgan fingerprint density at radius 1 is 1.59 bits per heavy atom. The standard InChI is InChI=1S/C15H20ClFN2O3/c1-18(10-15(20)21)8-13-9-19(4-5-22-13)7-11-6-12(16)2-3-14(11)17/h2-3,6,13H,4-5,7-10H2,1H3,(H,20,21). The number of rotatable bonds is 6. The van der Waals surface area contributed by atoms with E-state index in [1.807, 2.05) is 0 Å². The molecule has 0 bridgehead atoms. The van der Waals surface area contributed by atoms with Crippen molar-refractivity contribution < 1.29 is 19.0 Å². The summed E-state index contributed by atoms with van der Waals surface area (Å²) in [5, 5.41) is 9.29. The number of aliphatic carboxylic acids is 1. The van der Waals surface area contributed by atoms with Gasteiger partial charge < -0.3 is 9.84 Å². The molecule has 0 amide bonds. The zero-order chi connectivity index (χ0) is 16.1. The fraction of sp³-hybridized carbons (Fsp3) is 0.533. The highest BCUT2D eigenvalue weighted by atomic mass is 35.5. The molecule has 122 valence electrons. The summed E-state index contributed by atoms with van der Waals surface area (Å²) < 4.78 is 19.4. The predicted molar refractivity (Wildman–Crippen MR) is 81.6 cm³/mol. The van der Waals surface area contributed by atoms with Crippen LogP contribution in [0.4, 0.5) is 4.39 Å². The third-order valence-electron chi connectivity index (χ3n) is 3.55. The van der Waals surface area contributed by atoms with Gasteiger partial charge >= 0.3 is 5.97 Å². The van der Waals surface area contributed by atoms with E-state index in [1.54, 1.807) is 18.0 Å². The Morgan fingerprint density at radius 2 is 2.36 bits per heavy atom. The molecule has 5 nitrogen and oxygen atoms in total. The first-order chi connectivity index (χ1) is 10.4. The lowest BCUT2D eigenvalue weighted by molar-refractivity contribution is -0.138. The highest BCUT2D eigenvalue weighted by Crippen LogP contribution is 2.18. The Morgan fingerprint density at radius 3 is 3.09 bits per heavy atom. The van der Waals surface area contributed by atoms with Gasteiger partial charge in [-0.2, -0.15) is 0 Å². The van der Waals surface area contributed by atoms with E-state index in [0.717, 1.165) is 0 Å². The van der Waals surface area contributed by atoms with Gasteiger partial charge in [-0.3, -0.25) is 14.6 Å². The SMILES string of the molecule is CN(CC(=O)O)CC1CN(Cc2cc(Cl)ccc2F)CCO1. The Balaban J connectivity index is 1.90. The van der Waals surface area contributed by atoms with Crippen LogP contribution in [0.25, 0.3) is 0 Å². The van der Waals surface area contributed by atoms with Crippen molar-refractivity contribution >= 4 is 17.6 Å². The molecule has 2 rings (SSSR count). The average molecular weight is 331 g/mol. The second-order valence-electron chi connectivity index (χ2n) is 5.55. The van der Waals surface area contributed by atoms with Crippen LogP contribution >= 0.6 is 11.6 Å². The normalized spacial score (nSPS) is 19.5. The van der Waals surface area contributed by atoms with Crippen molar-refractivity contribution in [2.24, 2.45) is 0 Å². The lowest BCUT2D eigenvalue weighted by Gasteiger charge is -2.34. The summed E-state index contributed by atoms with van der Waals surface area (Å²) in [4.78, 5) is 14.5. The number of likely N-dealkylation sites (N-methyl/N-ethyl adjacent to an activating group) is 1. The fourth-order valence-corrected chi connectivity index (χ4v) is 2.78. The largest absolute Gasteiger partial charge is 0.480 e. The van der Waals surface area contributed by atoms with Crippen molar-refractivity contribution in [3.63, 3.8) is 0 Å². The highest BCUT2D eigenvalue weighted by Gasteiger charge is 2.23. The summed E-state index contributed by atoms with van der Waals surface area (Å²) in [6.45, 7) is 2.87. The molecular weight excluding hydrogens is 311 g/mol. The molecule has 1 N–H and O–H groups in total. The molecule has 0 saturated carbocycles. The molecular formula is C15H20ClFN2O3. The summed E-state index contributed by atoms with van der Waals surface area (Å²) in [6.07, 6.45) is -0.0830. The molecule has 0 aromatic heterocycles. The summed E-state index contributed by atoms with van der Waals surface area (Å²) >= 11 is 5.91. The van der Waals surface area contributed by atoms with E-state index in [9.17, 15) is 9.18 Å². The van der Waals surface area contributed by atoms with Gasteiger partial charge in [0.05, 0.1) is 19.3 Å². The van der Waals surface area contributed by atoms with Crippen LogP contribution in [0, 0.1) is 5.82 Å². The summed E-state index contributed by atoms with van der Waals surface area (Å²) in [7, 11) is 1.74. The molecule has 0 aliphatic carbocycles. The van der Waals surface area contributed by atoms with Crippen molar-refractivity contribution in [1.29, 1.82) is 0 Å². The molecule has 1 saturated heterocycles. The van der Waals surface area contributed by atoms with Gasteiger partial charge in [-0.05, 0) is 25.2 Å². The Hall–Kier alpha value is -1.21. The number of benzene rings is 1. The lowest BCUT2D eigenvalue weighted by atomic mass is 10.1. The number of nitrogens with zero attached hydrogens (tertiary/aromatic N) is 2. The van der Waals surface area contributed by atoms with E-state index in [-0.39, 0.29) is 18.5 Å². The number of carboxylic acid groups (broad SMARTS) is 1. The molecule has 1 unspecified atom stereocenters. The number of morpholine rings is 1. The van der Waals surface area contributed by atoms with E-state index in [0.29, 0.717) is 43.4 Å². The Bertz CT molecular complexity index is 530. The van der Waals surface area contributed by atoms with E-state index >= 15 is 0 Å². The predicted octanol–water partition coefficient (Wildman–Crippen LogP) is 1.70. The molecule has 1 aliphatic rings. The van der Waals surface area contributed by atoms with Crippen LogP contribution in [0.5, 0.6) is 0 Å². The summed E-state index contributed by atoms with van der Waals surface area (Å²) in [5.41, 5.74) is 0.562. The third-order valence-corrected chi connectivity index (χ3v) is 3.78. The topological polar surface area (TPSA) is 53.0 Å². The maximum atomic E-state index is 13.8. The van der Waals surface area contributed by atoms with Gasteiger partial charge in [0.25, 0.3) is 0 Å². The summed E-state index contributed by atoms with van der Waals surface area (Å²) in [5.74, 6) is -1.13. The van der Waals surface area contributed by atoms with E-state index in [2.05, 4.69) is 4.90 Å². The second kappa shape index (κ2) is 7.87. The molecule has 0 radical (unpaired) electrons. The average Bonchev–Trinajstić information content (AvgIpc) is 2.42. The van der Waals surface area contributed by atoms with Gasteiger partial charge in [0.2, 0.25) is 0 Å². The minimum atomic E-state index is -0.865. The third kappa shape index (κ3) is 5.21. The van der Waals surface area contributed by atoms with Crippen molar-refractivity contribution in [3.05, 3.63) is 34.6 Å². The fourth-order valence-electron chi connectivity index (χ4n) is 2.58. The molecule has 22 heavy (non-hydrogen) atoms. The minimum Gasteiger partial charge on any atom is -0.480 e. The van der Waals surface area contributed by atoms with Gasteiger partial charge in [0.15, 0.2) is 0 Å². The van der Waals surface area contributed by atoms with Crippen LogP contribution in [0.15, 0.2) is 18.2 Å². The maximum Gasteiger partial charge on any atom is 0.317 e. The molecule has 1 aromatic rings.